The van der Waals surface area contributed by atoms with Crippen LogP contribution in [0.5, 0.6) is 0 Å². The average molecular weight is 327 g/mol. The van der Waals surface area contributed by atoms with E-state index in [1.807, 2.05) is 30.3 Å². The smallest absolute Gasteiger partial charge is 0.250 e. The third kappa shape index (κ3) is 4.17. The Morgan fingerprint density at radius 3 is 2.61 bits per heavy atom. The van der Waals surface area contributed by atoms with Gasteiger partial charge in [0.2, 0.25) is 0 Å². The number of halogens is 1. The Morgan fingerprint density at radius 2 is 1.87 bits per heavy atom. The fourth-order valence-electron chi connectivity index (χ4n) is 2.19. The predicted octanol–water partition coefficient (Wildman–Crippen LogP) is 2.95. The van der Waals surface area contributed by atoms with E-state index in [0.29, 0.717) is 18.2 Å². The second kappa shape index (κ2) is 7.07. The summed E-state index contributed by atoms with van der Waals surface area (Å²) in [4.78, 5) is 11.7. The number of aromatic nitrogens is 3. The molecule has 2 heterocycles. The average Bonchev–Trinajstić information content (AvgIpc) is 2.56. The zero-order valence-corrected chi connectivity index (χ0v) is 13.1. The van der Waals surface area contributed by atoms with Crippen molar-refractivity contribution in [3.05, 3.63) is 87.6 Å². The third-order valence-corrected chi connectivity index (χ3v) is 3.58. The molecule has 1 N–H and O–H groups in total. The van der Waals surface area contributed by atoms with E-state index in [-0.39, 0.29) is 5.56 Å². The van der Waals surface area contributed by atoms with E-state index in [9.17, 15) is 4.79 Å². The summed E-state index contributed by atoms with van der Waals surface area (Å²) in [6, 6.07) is 15.0. The van der Waals surface area contributed by atoms with Crippen molar-refractivity contribution in [2.45, 2.75) is 13.1 Å². The lowest BCUT2D eigenvalue weighted by molar-refractivity contribution is 0.759. The number of pyridine rings is 1. The number of rotatable bonds is 5. The highest BCUT2D eigenvalue weighted by Crippen LogP contribution is 2.12. The van der Waals surface area contributed by atoms with Gasteiger partial charge in [-0.3, -0.25) is 4.79 Å². The van der Waals surface area contributed by atoms with E-state index < -0.39 is 0 Å². The first-order valence-corrected chi connectivity index (χ1v) is 7.54. The molecular formula is C17H15ClN4O. The van der Waals surface area contributed by atoms with Crippen LogP contribution in [-0.4, -0.2) is 14.8 Å². The van der Waals surface area contributed by atoms with Gasteiger partial charge in [0.15, 0.2) is 5.15 Å². The highest BCUT2D eigenvalue weighted by atomic mass is 35.5. The van der Waals surface area contributed by atoms with E-state index in [1.54, 1.807) is 35.2 Å². The van der Waals surface area contributed by atoms with Crippen LogP contribution in [0.2, 0.25) is 5.15 Å². The summed E-state index contributed by atoms with van der Waals surface area (Å²) in [5.41, 5.74) is 3.03. The SMILES string of the molecule is O=c1ccccn1Cc1ccc(CNc2cnnc(Cl)c2)cc1. The minimum Gasteiger partial charge on any atom is -0.380 e. The number of benzene rings is 1. The molecule has 0 atom stereocenters. The van der Waals surface area contributed by atoms with Gasteiger partial charge in [-0.1, -0.05) is 41.9 Å². The summed E-state index contributed by atoms with van der Waals surface area (Å²) in [5, 5.41) is 11.1. The quantitative estimate of drug-likeness (QED) is 0.783. The van der Waals surface area contributed by atoms with Crippen LogP contribution >= 0.6 is 11.6 Å². The third-order valence-electron chi connectivity index (χ3n) is 3.40. The van der Waals surface area contributed by atoms with Crippen LogP contribution in [0.1, 0.15) is 11.1 Å². The van der Waals surface area contributed by atoms with Crippen molar-refractivity contribution in [3.63, 3.8) is 0 Å². The van der Waals surface area contributed by atoms with Gasteiger partial charge in [0, 0.05) is 24.9 Å². The lowest BCUT2D eigenvalue weighted by Crippen LogP contribution is -2.18. The Labute approximate surface area is 138 Å². The van der Waals surface area contributed by atoms with Gasteiger partial charge in [-0.15, -0.1) is 5.10 Å². The van der Waals surface area contributed by atoms with Gasteiger partial charge in [0.05, 0.1) is 18.4 Å². The molecule has 23 heavy (non-hydrogen) atoms. The monoisotopic (exact) mass is 326 g/mol. The molecule has 0 aliphatic heterocycles. The molecule has 0 unspecified atom stereocenters. The molecule has 3 rings (SSSR count). The van der Waals surface area contributed by atoms with E-state index in [2.05, 4.69) is 15.5 Å². The Morgan fingerprint density at radius 1 is 1.09 bits per heavy atom. The summed E-state index contributed by atoms with van der Waals surface area (Å²) >= 11 is 5.80. The molecule has 0 aliphatic carbocycles. The molecule has 116 valence electrons. The van der Waals surface area contributed by atoms with Gasteiger partial charge in [-0.2, -0.15) is 5.10 Å². The number of hydrogen-bond acceptors (Lipinski definition) is 4. The van der Waals surface area contributed by atoms with Crippen molar-refractivity contribution in [1.82, 2.24) is 14.8 Å². The first-order valence-electron chi connectivity index (χ1n) is 7.16. The normalized spacial score (nSPS) is 10.5. The van der Waals surface area contributed by atoms with Gasteiger partial charge in [-0.25, -0.2) is 0 Å². The van der Waals surface area contributed by atoms with Gasteiger partial charge >= 0.3 is 0 Å². The molecule has 0 radical (unpaired) electrons. The molecule has 0 bridgehead atoms. The highest BCUT2D eigenvalue weighted by Gasteiger charge is 1.99. The molecule has 5 nitrogen and oxygen atoms in total. The lowest BCUT2D eigenvalue weighted by Gasteiger charge is -2.08. The Hall–Kier alpha value is -2.66. The molecule has 1 aromatic carbocycles. The van der Waals surface area contributed by atoms with Crippen LogP contribution in [-0.2, 0) is 13.1 Å². The number of hydrogen-bond donors (Lipinski definition) is 1. The number of anilines is 1. The Balaban J connectivity index is 1.63. The van der Waals surface area contributed by atoms with Crippen molar-refractivity contribution < 1.29 is 0 Å². The maximum absolute atomic E-state index is 11.7. The van der Waals surface area contributed by atoms with Crippen molar-refractivity contribution in [3.8, 4) is 0 Å². The molecule has 0 spiro atoms. The Bertz CT molecular complexity index is 845. The van der Waals surface area contributed by atoms with Gasteiger partial charge in [0.25, 0.3) is 5.56 Å². The first kappa shape index (κ1) is 15.2. The van der Waals surface area contributed by atoms with Crippen LogP contribution in [0.25, 0.3) is 0 Å². The molecular weight excluding hydrogens is 312 g/mol. The summed E-state index contributed by atoms with van der Waals surface area (Å²) < 4.78 is 1.68. The van der Waals surface area contributed by atoms with Gasteiger partial charge in [-0.05, 0) is 17.2 Å². The van der Waals surface area contributed by atoms with Crippen molar-refractivity contribution in [2.75, 3.05) is 5.32 Å². The maximum atomic E-state index is 11.7. The van der Waals surface area contributed by atoms with Crippen molar-refractivity contribution in [2.24, 2.45) is 0 Å². The van der Waals surface area contributed by atoms with E-state index in [1.165, 1.54) is 0 Å². The maximum Gasteiger partial charge on any atom is 0.250 e. The second-order valence-electron chi connectivity index (χ2n) is 5.10. The fourth-order valence-corrected chi connectivity index (χ4v) is 2.35. The molecule has 6 heteroatoms. The largest absolute Gasteiger partial charge is 0.380 e. The zero-order valence-electron chi connectivity index (χ0n) is 12.3. The molecule has 2 aromatic heterocycles. The molecule has 0 amide bonds. The van der Waals surface area contributed by atoms with Gasteiger partial charge in [0.1, 0.15) is 0 Å². The first-order chi connectivity index (χ1) is 11.2. The minimum absolute atomic E-state index is 0.000286. The molecule has 0 saturated carbocycles. The van der Waals surface area contributed by atoms with E-state index in [4.69, 9.17) is 11.6 Å². The minimum atomic E-state index is 0.000286. The second-order valence-corrected chi connectivity index (χ2v) is 5.49. The number of nitrogens with zero attached hydrogens (tertiary/aromatic N) is 3. The van der Waals surface area contributed by atoms with Crippen molar-refractivity contribution >= 4 is 17.3 Å². The van der Waals surface area contributed by atoms with Crippen LogP contribution in [0.3, 0.4) is 0 Å². The summed E-state index contributed by atoms with van der Waals surface area (Å²) in [6.45, 7) is 1.23. The Kier molecular flexibility index (Phi) is 4.68. The fraction of sp³-hybridized carbons (Fsp3) is 0.118. The van der Waals surface area contributed by atoms with Crippen LogP contribution in [0, 0.1) is 0 Å². The van der Waals surface area contributed by atoms with Crippen molar-refractivity contribution in [1.29, 1.82) is 0 Å². The predicted molar refractivity (Wildman–Crippen MR) is 90.6 cm³/mol. The molecule has 0 saturated heterocycles. The topological polar surface area (TPSA) is 59.8 Å². The summed E-state index contributed by atoms with van der Waals surface area (Å²) in [6.07, 6.45) is 3.42. The van der Waals surface area contributed by atoms with Crippen LogP contribution < -0.4 is 10.9 Å². The molecule has 0 aliphatic rings. The molecule has 0 fully saturated rings. The summed E-state index contributed by atoms with van der Waals surface area (Å²) in [7, 11) is 0. The highest BCUT2D eigenvalue weighted by molar-refractivity contribution is 6.29. The lowest BCUT2D eigenvalue weighted by atomic mass is 10.1. The van der Waals surface area contributed by atoms with Crippen LogP contribution in [0.4, 0.5) is 5.69 Å². The number of nitrogens with one attached hydrogen (secondary N) is 1. The summed E-state index contributed by atoms with van der Waals surface area (Å²) in [5.74, 6) is 0. The standard InChI is InChI=1S/C17H15ClN4O/c18-16-9-15(11-20-21-16)19-10-13-4-6-14(7-5-13)12-22-8-2-1-3-17(22)23/h1-9,11H,10,12H2,(H,19,21). The van der Waals surface area contributed by atoms with E-state index >= 15 is 0 Å². The van der Waals surface area contributed by atoms with E-state index in [0.717, 1.165) is 16.8 Å². The zero-order chi connectivity index (χ0) is 16.1. The molecule has 3 aromatic rings. The van der Waals surface area contributed by atoms with Crippen LogP contribution in [0.15, 0.2) is 65.7 Å². The van der Waals surface area contributed by atoms with Gasteiger partial charge < -0.3 is 9.88 Å².